The van der Waals surface area contributed by atoms with Crippen LogP contribution < -0.4 is 11.1 Å². The van der Waals surface area contributed by atoms with E-state index in [9.17, 15) is 0 Å². The van der Waals surface area contributed by atoms with Crippen LogP contribution in [0.25, 0.3) is 10.9 Å². The minimum absolute atomic E-state index is 0.629. The Balaban J connectivity index is 0.000000704. The molecule has 3 aromatic rings. The molecule has 2 aromatic heterocycles. The number of aromatic nitrogens is 2. The number of anilines is 3. The Bertz CT molecular complexity index is 695. The van der Waals surface area contributed by atoms with E-state index in [4.69, 9.17) is 5.73 Å². The summed E-state index contributed by atoms with van der Waals surface area (Å²) < 4.78 is 0. The van der Waals surface area contributed by atoms with E-state index >= 15 is 0 Å². The molecule has 102 valence electrons. The van der Waals surface area contributed by atoms with Gasteiger partial charge in [0.25, 0.3) is 0 Å². The van der Waals surface area contributed by atoms with Crippen LogP contribution in [0.4, 0.5) is 17.1 Å². The summed E-state index contributed by atoms with van der Waals surface area (Å²) in [6, 6.07) is 11.8. The number of pyridine rings is 2. The second kappa shape index (κ2) is 6.52. The summed E-state index contributed by atoms with van der Waals surface area (Å²) in [5.74, 6) is 0. The molecule has 4 nitrogen and oxygen atoms in total. The monoisotopic (exact) mass is 266 g/mol. The van der Waals surface area contributed by atoms with E-state index in [0.29, 0.717) is 5.69 Å². The van der Waals surface area contributed by atoms with Gasteiger partial charge in [-0.1, -0.05) is 19.9 Å². The van der Waals surface area contributed by atoms with Crippen molar-refractivity contribution in [2.45, 2.75) is 13.8 Å². The molecule has 0 saturated heterocycles. The third kappa shape index (κ3) is 3.03. The topological polar surface area (TPSA) is 63.8 Å². The maximum Gasteiger partial charge on any atom is 0.0739 e. The fraction of sp³-hybridized carbons (Fsp3) is 0.125. The lowest BCUT2D eigenvalue weighted by molar-refractivity contribution is 1.33. The van der Waals surface area contributed by atoms with Gasteiger partial charge in [0.2, 0.25) is 0 Å². The van der Waals surface area contributed by atoms with Crippen LogP contribution in [0.1, 0.15) is 13.8 Å². The first kappa shape index (κ1) is 13.8. The molecule has 0 spiro atoms. The zero-order valence-corrected chi connectivity index (χ0v) is 11.7. The number of nitrogens with zero attached hydrogens (tertiary/aromatic N) is 2. The van der Waals surface area contributed by atoms with Crippen LogP contribution in [0.2, 0.25) is 0 Å². The van der Waals surface area contributed by atoms with Crippen LogP contribution in [0.5, 0.6) is 0 Å². The van der Waals surface area contributed by atoms with E-state index in [1.165, 1.54) is 0 Å². The Morgan fingerprint density at radius 1 is 1.05 bits per heavy atom. The molecule has 4 heteroatoms. The largest absolute Gasteiger partial charge is 0.396 e. The molecular formula is C16H18N4. The molecule has 2 heterocycles. The highest BCUT2D eigenvalue weighted by molar-refractivity contribution is 5.84. The van der Waals surface area contributed by atoms with E-state index in [1.54, 1.807) is 18.6 Å². The Morgan fingerprint density at radius 2 is 1.90 bits per heavy atom. The van der Waals surface area contributed by atoms with Crippen LogP contribution in [0.15, 0.2) is 55.0 Å². The van der Waals surface area contributed by atoms with Gasteiger partial charge in [0.1, 0.15) is 0 Å². The zero-order valence-electron chi connectivity index (χ0n) is 11.7. The molecule has 0 saturated carbocycles. The quantitative estimate of drug-likeness (QED) is 0.736. The van der Waals surface area contributed by atoms with E-state index in [0.717, 1.165) is 22.3 Å². The number of rotatable bonds is 2. The first-order valence-corrected chi connectivity index (χ1v) is 6.64. The molecule has 0 amide bonds. The predicted molar refractivity (Wildman–Crippen MR) is 85.0 cm³/mol. The smallest absolute Gasteiger partial charge is 0.0739 e. The van der Waals surface area contributed by atoms with Crippen molar-refractivity contribution in [3.05, 3.63) is 55.0 Å². The Hall–Kier alpha value is -2.62. The first-order chi connectivity index (χ1) is 9.83. The van der Waals surface area contributed by atoms with Crippen LogP contribution in [-0.2, 0) is 0 Å². The summed E-state index contributed by atoms with van der Waals surface area (Å²) in [5.41, 5.74) is 9.28. The molecule has 0 aliphatic rings. The van der Waals surface area contributed by atoms with Gasteiger partial charge < -0.3 is 11.1 Å². The molecule has 20 heavy (non-hydrogen) atoms. The van der Waals surface area contributed by atoms with E-state index in [-0.39, 0.29) is 0 Å². The fourth-order valence-corrected chi connectivity index (χ4v) is 1.83. The molecule has 0 radical (unpaired) electrons. The van der Waals surface area contributed by atoms with Crippen molar-refractivity contribution in [3.63, 3.8) is 0 Å². The lowest BCUT2D eigenvalue weighted by Gasteiger charge is -2.09. The van der Waals surface area contributed by atoms with Gasteiger partial charge >= 0.3 is 0 Å². The molecule has 3 N–H and O–H groups in total. The third-order valence-electron chi connectivity index (χ3n) is 2.73. The number of nitrogen functional groups attached to an aromatic ring is 1. The molecule has 0 aliphatic heterocycles. The van der Waals surface area contributed by atoms with Crippen molar-refractivity contribution < 1.29 is 0 Å². The Kier molecular flexibility index (Phi) is 4.50. The molecule has 3 rings (SSSR count). The number of nitrogens with one attached hydrogen (secondary N) is 1. The second-order valence-electron chi connectivity index (χ2n) is 4.00. The number of hydrogen-bond acceptors (Lipinski definition) is 4. The average molecular weight is 266 g/mol. The van der Waals surface area contributed by atoms with Crippen LogP contribution in [0, 0.1) is 0 Å². The highest BCUT2D eigenvalue weighted by Gasteiger charge is 2.00. The molecule has 1 aromatic carbocycles. The predicted octanol–water partition coefficient (Wildman–Crippen LogP) is 3.98. The van der Waals surface area contributed by atoms with Crippen molar-refractivity contribution in [3.8, 4) is 0 Å². The highest BCUT2D eigenvalue weighted by Crippen LogP contribution is 2.24. The first-order valence-electron chi connectivity index (χ1n) is 6.64. The van der Waals surface area contributed by atoms with Gasteiger partial charge in [0.05, 0.1) is 23.1 Å². The Labute approximate surface area is 118 Å². The van der Waals surface area contributed by atoms with Gasteiger partial charge in [-0.2, -0.15) is 0 Å². The van der Waals surface area contributed by atoms with E-state index < -0.39 is 0 Å². The van der Waals surface area contributed by atoms with Crippen LogP contribution >= 0.6 is 0 Å². The minimum Gasteiger partial charge on any atom is -0.396 e. The van der Waals surface area contributed by atoms with Gasteiger partial charge in [0, 0.05) is 23.5 Å². The van der Waals surface area contributed by atoms with Crippen molar-refractivity contribution in [1.82, 2.24) is 9.97 Å². The van der Waals surface area contributed by atoms with Crippen LogP contribution in [-0.4, -0.2) is 9.97 Å². The number of nitrogens with two attached hydrogens (primary N) is 1. The fourth-order valence-electron chi connectivity index (χ4n) is 1.83. The average Bonchev–Trinajstić information content (AvgIpc) is 2.51. The standard InChI is InChI=1S/C14H12N4.C2H6/c15-12-9-16-7-5-14(12)18-11-3-4-13-10(8-11)2-1-6-17-13;1-2/h1-9H,15H2,(H,16,18);1-2H3. The molecular weight excluding hydrogens is 248 g/mol. The van der Waals surface area contributed by atoms with Gasteiger partial charge in [-0.25, -0.2) is 0 Å². The van der Waals surface area contributed by atoms with E-state index in [2.05, 4.69) is 15.3 Å². The van der Waals surface area contributed by atoms with Gasteiger partial charge in [0.15, 0.2) is 0 Å². The third-order valence-corrected chi connectivity index (χ3v) is 2.73. The molecule has 0 aliphatic carbocycles. The minimum atomic E-state index is 0.629. The van der Waals surface area contributed by atoms with Gasteiger partial charge in [-0.15, -0.1) is 0 Å². The Morgan fingerprint density at radius 3 is 2.70 bits per heavy atom. The maximum absolute atomic E-state index is 5.84. The zero-order chi connectivity index (χ0) is 14.4. The summed E-state index contributed by atoms with van der Waals surface area (Å²) >= 11 is 0. The summed E-state index contributed by atoms with van der Waals surface area (Å²) in [6.07, 6.45) is 5.13. The van der Waals surface area contributed by atoms with Crippen molar-refractivity contribution >= 4 is 28.0 Å². The second-order valence-corrected chi connectivity index (χ2v) is 4.00. The summed E-state index contributed by atoms with van der Waals surface area (Å²) in [4.78, 5) is 8.25. The SMILES string of the molecule is CC.Nc1cnccc1Nc1ccc2ncccc2c1. The van der Waals surface area contributed by atoms with Crippen LogP contribution in [0.3, 0.4) is 0 Å². The maximum atomic E-state index is 5.84. The summed E-state index contributed by atoms with van der Waals surface area (Å²) in [6.45, 7) is 4.00. The summed E-state index contributed by atoms with van der Waals surface area (Å²) in [7, 11) is 0. The normalized spacial score (nSPS) is 9.70. The molecule has 0 bridgehead atoms. The van der Waals surface area contributed by atoms with Crippen molar-refractivity contribution in [1.29, 1.82) is 0 Å². The number of fused-ring (bicyclic) bond motifs is 1. The van der Waals surface area contributed by atoms with Crippen molar-refractivity contribution in [2.24, 2.45) is 0 Å². The molecule has 0 unspecified atom stereocenters. The highest BCUT2D eigenvalue weighted by atomic mass is 14.9. The lowest BCUT2D eigenvalue weighted by atomic mass is 10.2. The van der Waals surface area contributed by atoms with Gasteiger partial charge in [-0.3, -0.25) is 9.97 Å². The molecule has 0 atom stereocenters. The number of hydrogen-bond donors (Lipinski definition) is 2. The molecule has 0 fully saturated rings. The van der Waals surface area contributed by atoms with E-state index in [1.807, 2.05) is 50.2 Å². The summed E-state index contributed by atoms with van der Waals surface area (Å²) in [5, 5.41) is 4.36. The van der Waals surface area contributed by atoms with Crippen molar-refractivity contribution in [2.75, 3.05) is 11.1 Å². The lowest BCUT2D eigenvalue weighted by Crippen LogP contribution is -1.96. The number of benzene rings is 1. The van der Waals surface area contributed by atoms with Gasteiger partial charge in [-0.05, 0) is 30.3 Å².